The molecule has 1 amide bonds. The molecule has 2 aromatic carbocycles. The average Bonchev–Trinajstić information content (AvgIpc) is 3.51. The number of aryl methyl sites for hydroxylation is 1. The lowest BCUT2D eigenvalue weighted by molar-refractivity contribution is 0.0688. The van der Waals surface area contributed by atoms with Gasteiger partial charge in [-0.25, -0.2) is 9.78 Å². The predicted molar refractivity (Wildman–Crippen MR) is 131 cm³/mol. The first kappa shape index (κ1) is 20.7. The molecule has 6 rings (SSSR count). The SMILES string of the molecule is Cc1cc(-c2cnc3[nH]cc(-c4ccc(C(=O)O)cc4)c3c2)cc2c1C(=O)N([C@@H](C)C1CC1)C2. The number of nitrogens with zero attached hydrogens (tertiary/aromatic N) is 2. The van der Waals surface area contributed by atoms with Gasteiger partial charge in [0.05, 0.1) is 5.56 Å². The van der Waals surface area contributed by atoms with Crippen LogP contribution in [0, 0.1) is 12.8 Å². The van der Waals surface area contributed by atoms with Gasteiger partial charge in [0, 0.05) is 47.1 Å². The van der Waals surface area contributed by atoms with Gasteiger partial charge < -0.3 is 15.0 Å². The Morgan fingerprint density at radius 2 is 1.88 bits per heavy atom. The predicted octanol–water partition coefficient (Wildman–Crippen LogP) is 5.66. The van der Waals surface area contributed by atoms with E-state index in [-0.39, 0.29) is 17.5 Å². The molecular weight excluding hydrogens is 426 g/mol. The monoisotopic (exact) mass is 451 g/mol. The van der Waals surface area contributed by atoms with Crippen molar-refractivity contribution in [2.75, 3.05) is 0 Å². The fourth-order valence-corrected chi connectivity index (χ4v) is 5.21. The molecule has 0 radical (unpaired) electrons. The van der Waals surface area contributed by atoms with Gasteiger partial charge in [-0.1, -0.05) is 18.2 Å². The average molecular weight is 452 g/mol. The molecule has 1 atom stereocenters. The van der Waals surface area contributed by atoms with Crippen molar-refractivity contribution in [2.24, 2.45) is 5.92 Å². The topological polar surface area (TPSA) is 86.3 Å². The molecule has 0 saturated heterocycles. The molecule has 4 aromatic rings. The number of fused-ring (bicyclic) bond motifs is 2. The maximum Gasteiger partial charge on any atom is 0.335 e. The highest BCUT2D eigenvalue weighted by atomic mass is 16.4. The number of carbonyl (C=O) groups excluding carboxylic acids is 1. The van der Waals surface area contributed by atoms with Crippen LogP contribution in [0.5, 0.6) is 0 Å². The van der Waals surface area contributed by atoms with Crippen LogP contribution >= 0.6 is 0 Å². The van der Waals surface area contributed by atoms with E-state index in [0.29, 0.717) is 12.5 Å². The summed E-state index contributed by atoms with van der Waals surface area (Å²) in [6.07, 6.45) is 6.20. The molecule has 1 fully saturated rings. The highest BCUT2D eigenvalue weighted by Gasteiger charge is 2.39. The molecule has 1 saturated carbocycles. The molecule has 2 aliphatic rings. The second-order valence-corrected chi connectivity index (χ2v) is 9.54. The van der Waals surface area contributed by atoms with E-state index in [4.69, 9.17) is 0 Å². The molecule has 1 aliphatic heterocycles. The number of hydrogen-bond donors (Lipinski definition) is 2. The van der Waals surface area contributed by atoms with Crippen LogP contribution in [0.2, 0.25) is 0 Å². The van der Waals surface area contributed by atoms with E-state index in [1.165, 1.54) is 12.8 Å². The number of aromatic carboxylic acids is 1. The van der Waals surface area contributed by atoms with Crippen molar-refractivity contribution < 1.29 is 14.7 Å². The maximum atomic E-state index is 13.1. The number of aromatic nitrogens is 2. The van der Waals surface area contributed by atoms with Gasteiger partial charge in [-0.05, 0) is 79.1 Å². The van der Waals surface area contributed by atoms with Crippen molar-refractivity contribution >= 4 is 22.9 Å². The summed E-state index contributed by atoms with van der Waals surface area (Å²) in [7, 11) is 0. The standard InChI is InChI=1S/C28H25N3O3/c1-15-9-20(10-22-14-31(27(32)25(15)22)16(2)17-3-4-17)21-11-23-24(13-30-26(23)29-12-21)18-5-7-19(8-6-18)28(33)34/h5-13,16-17H,3-4,14H2,1-2H3,(H,29,30)(H,33,34)/t16-/m0/s1. The van der Waals surface area contributed by atoms with E-state index in [1.807, 2.05) is 36.4 Å². The molecule has 2 aromatic heterocycles. The number of rotatable bonds is 5. The Balaban J connectivity index is 1.38. The summed E-state index contributed by atoms with van der Waals surface area (Å²) in [5.41, 5.74) is 7.91. The third-order valence-corrected chi connectivity index (χ3v) is 7.34. The summed E-state index contributed by atoms with van der Waals surface area (Å²) in [6.45, 7) is 4.86. The molecule has 170 valence electrons. The number of carbonyl (C=O) groups is 2. The smallest absolute Gasteiger partial charge is 0.335 e. The Kier molecular flexibility index (Phi) is 4.59. The first-order chi connectivity index (χ1) is 16.4. The zero-order chi connectivity index (χ0) is 23.6. The Labute approximate surface area is 197 Å². The molecule has 1 aliphatic carbocycles. The first-order valence-corrected chi connectivity index (χ1v) is 11.7. The molecule has 0 spiro atoms. The minimum absolute atomic E-state index is 0.157. The molecule has 0 unspecified atom stereocenters. The third-order valence-electron chi connectivity index (χ3n) is 7.34. The zero-order valence-corrected chi connectivity index (χ0v) is 19.1. The Morgan fingerprint density at radius 1 is 1.12 bits per heavy atom. The summed E-state index contributed by atoms with van der Waals surface area (Å²) < 4.78 is 0. The van der Waals surface area contributed by atoms with Gasteiger partial charge in [-0.2, -0.15) is 0 Å². The second kappa shape index (κ2) is 7.55. The quantitative estimate of drug-likeness (QED) is 0.410. The zero-order valence-electron chi connectivity index (χ0n) is 19.1. The summed E-state index contributed by atoms with van der Waals surface area (Å²) >= 11 is 0. The van der Waals surface area contributed by atoms with E-state index in [2.05, 4.69) is 35.1 Å². The number of H-pyrrole nitrogens is 1. The van der Waals surface area contributed by atoms with Gasteiger partial charge in [0.2, 0.25) is 0 Å². The number of benzene rings is 2. The third kappa shape index (κ3) is 3.29. The van der Waals surface area contributed by atoms with E-state index < -0.39 is 5.97 Å². The lowest BCUT2D eigenvalue weighted by atomic mass is 9.96. The fourth-order valence-electron chi connectivity index (χ4n) is 5.21. The van der Waals surface area contributed by atoms with E-state index >= 15 is 0 Å². The fraction of sp³-hybridized carbons (Fsp3) is 0.250. The molecule has 2 N–H and O–H groups in total. The molecule has 6 heteroatoms. The number of hydrogen-bond acceptors (Lipinski definition) is 3. The van der Waals surface area contributed by atoms with Crippen molar-refractivity contribution in [1.29, 1.82) is 0 Å². The molecular formula is C28H25N3O3. The normalized spacial score (nSPS) is 16.2. The van der Waals surface area contributed by atoms with Gasteiger partial charge in [0.1, 0.15) is 5.65 Å². The molecule has 3 heterocycles. The van der Waals surface area contributed by atoms with Gasteiger partial charge >= 0.3 is 5.97 Å². The number of amides is 1. The van der Waals surface area contributed by atoms with Crippen LogP contribution in [-0.4, -0.2) is 37.9 Å². The second-order valence-electron chi connectivity index (χ2n) is 9.54. The minimum atomic E-state index is -0.940. The van der Waals surface area contributed by atoms with Crippen LogP contribution < -0.4 is 0 Å². The van der Waals surface area contributed by atoms with Crippen molar-refractivity contribution in [1.82, 2.24) is 14.9 Å². The van der Waals surface area contributed by atoms with Crippen molar-refractivity contribution in [3.05, 3.63) is 77.1 Å². The summed E-state index contributed by atoms with van der Waals surface area (Å²) in [5.74, 6) is -0.143. The van der Waals surface area contributed by atoms with Crippen molar-refractivity contribution in [3.8, 4) is 22.3 Å². The molecule has 0 bridgehead atoms. The number of pyridine rings is 1. The van der Waals surface area contributed by atoms with Crippen LogP contribution in [0.3, 0.4) is 0 Å². The summed E-state index contributed by atoms with van der Waals surface area (Å²) in [4.78, 5) is 34.2. The van der Waals surface area contributed by atoms with E-state index in [1.54, 1.807) is 12.1 Å². The van der Waals surface area contributed by atoms with Gasteiger partial charge in [0.25, 0.3) is 5.91 Å². The van der Waals surface area contributed by atoms with Crippen molar-refractivity contribution in [2.45, 2.75) is 39.3 Å². The number of aromatic amines is 1. The van der Waals surface area contributed by atoms with Gasteiger partial charge in [0.15, 0.2) is 0 Å². The van der Waals surface area contributed by atoms with Crippen molar-refractivity contribution in [3.63, 3.8) is 0 Å². The Hall–Kier alpha value is -3.93. The van der Waals surface area contributed by atoms with Crippen LogP contribution in [0.4, 0.5) is 0 Å². The minimum Gasteiger partial charge on any atom is -0.478 e. The molecule has 34 heavy (non-hydrogen) atoms. The summed E-state index contributed by atoms with van der Waals surface area (Å²) in [5, 5.41) is 10.2. The van der Waals surface area contributed by atoms with Crippen LogP contribution in [-0.2, 0) is 6.54 Å². The lowest BCUT2D eigenvalue weighted by Gasteiger charge is -2.24. The largest absolute Gasteiger partial charge is 0.478 e. The first-order valence-electron chi connectivity index (χ1n) is 11.7. The van der Waals surface area contributed by atoms with E-state index in [0.717, 1.165) is 50.0 Å². The van der Waals surface area contributed by atoms with Gasteiger partial charge in [-0.3, -0.25) is 4.79 Å². The Morgan fingerprint density at radius 3 is 2.59 bits per heavy atom. The number of nitrogens with one attached hydrogen (secondary N) is 1. The van der Waals surface area contributed by atoms with E-state index in [9.17, 15) is 14.7 Å². The van der Waals surface area contributed by atoms with Gasteiger partial charge in [-0.15, -0.1) is 0 Å². The number of carboxylic acids is 1. The summed E-state index contributed by atoms with van der Waals surface area (Å²) in [6, 6.07) is 13.5. The van der Waals surface area contributed by atoms with Crippen LogP contribution in [0.1, 0.15) is 51.6 Å². The van der Waals surface area contributed by atoms with Crippen LogP contribution in [0.25, 0.3) is 33.3 Å². The van der Waals surface area contributed by atoms with Crippen LogP contribution in [0.15, 0.2) is 54.9 Å². The highest BCUT2D eigenvalue weighted by molar-refractivity contribution is 6.01. The lowest BCUT2D eigenvalue weighted by Crippen LogP contribution is -2.34. The Bertz CT molecular complexity index is 1460. The number of carboxylic acid groups (broad SMARTS) is 1. The molecule has 6 nitrogen and oxygen atoms in total. The highest BCUT2D eigenvalue weighted by Crippen LogP contribution is 2.40. The maximum absolute atomic E-state index is 13.1.